The van der Waals surface area contributed by atoms with E-state index in [1.54, 1.807) is 0 Å². The molecule has 2 nitrogen and oxygen atoms in total. The first-order valence-corrected chi connectivity index (χ1v) is 7.44. The molecule has 0 saturated carbocycles. The van der Waals surface area contributed by atoms with E-state index in [1.807, 2.05) is 35.7 Å². The Bertz CT molecular complexity index is 505. The predicted molar refractivity (Wildman–Crippen MR) is 80.4 cm³/mol. The number of carbonyl (C=O) groups is 1. The zero-order valence-corrected chi connectivity index (χ0v) is 12.1. The smallest absolute Gasteiger partial charge is 0.261 e. The maximum Gasteiger partial charge on any atom is 0.261 e. The van der Waals surface area contributed by atoms with E-state index in [0.29, 0.717) is 5.92 Å². The number of thiophene rings is 1. The van der Waals surface area contributed by atoms with Crippen LogP contribution in [-0.4, -0.2) is 5.91 Å². The van der Waals surface area contributed by atoms with Crippen LogP contribution in [-0.2, 0) is 0 Å². The quantitative estimate of drug-likeness (QED) is 0.866. The molecular weight excluding hydrogens is 254 g/mol. The van der Waals surface area contributed by atoms with Gasteiger partial charge in [-0.05, 0) is 29.3 Å². The highest BCUT2D eigenvalue weighted by Crippen LogP contribution is 2.22. The Hall–Kier alpha value is -1.61. The Morgan fingerprint density at radius 2 is 1.89 bits per heavy atom. The number of carbonyl (C=O) groups excluding carboxylic acids is 1. The Kier molecular flexibility index (Phi) is 4.74. The first-order chi connectivity index (χ1) is 9.16. The number of nitrogens with one attached hydrogen (secondary N) is 1. The minimum absolute atomic E-state index is 0.0181. The average Bonchev–Trinajstić information content (AvgIpc) is 2.92. The molecule has 0 aliphatic heterocycles. The lowest BCUT2D eigenvalue weighted by atomic mass is 9.97. The summed E-state index contributed by atoms with van der Waals surface area (Å²) in [6, 6.07) is 14.0. The molecule has 2 aromatic rings. The molecule has 1 heterocycles. The van der Waals surface area contributed by atoms with Gasteiger partial charge in [-0.25, -0.2) is 0 Å². The van der Waals surface area contributed by atoms with E-state index >= 15 is 0 Å². The standard InChI is InChI=1S/C16H19NOS/c1-12(2)11-14(13-7-4-3-5-8-13)17-16(18)15-9-6-10-19-15/h3-10,12,14H,11H2,1-2H3,(H,17,18)/t14-/m0/s1. The second-order valence-corrected chi connectivity index (χ2v) is 5.99. The van der Waals surface area contributed by atoms with Crippen molar-refractivity contribution < 1.29 is 4.79 Å². The Balaban J connectivity index is 2.13. The van der Waals surface area contributed by atoms with E-state index in [2.05, 4.69) is 31.3 Å². The molecule has 0 bridgehead atoms. The third-order valence-electron chi connectivity index (χ3n) is 2.96. The highest BCUT2D eigenvalue weighted by Gasteiger charge is 2.17. The summed E-state index contributed by atoms with van der Waals surface area (Å²) in [4.78, 5) is 12.9. The second kappa shape index (κ2) is 6.53. The van der Waals surface area contributed by atoms with Crippen LogP contribution < -0.4 is 5.32 Å². The molecule has 0 saturated heterocycles. The molecule has 100 valence electrons. The van der Waals surface area contributed by atoms with Gasteiger partial charge in [-0.15, -0.1) is 11.3 Å². The summed E-state index contributed by atoms with van der Waals surface area (Å²) in [5.41, 5.74) is 1.17. The van der Waals surface area contributed by atoms with Gasteiger partial charge in [-0.1, -0.05) is 50.2 Å². The van der Waals surface area contributed by atoms with Crippen LogP contribution in [0, 0.1) is 5.92 Å². The molecule has 1 aromatic carbocycles. The summed E-state index contributed by atoms with van der Waals surface area (Å²) < 4.78 is 0. The first-order valence-electron chi connectivity index (χ1n) is 6.56. The van der Waals surface area contributed by atoms with Gasteiger partial charge in [0.15, 0.2) is 0 Å². The first kappa shape index (κ1) is 13.8. The number of rotatable bonds is 5. The van der Waals surface area contributed by atoms with Gasteiger partial charge in [-0.3, -0.25) is 4.79 Å². The predicted octanol–water partition coefficient (Wildman–Crippen LogP) is 4.27. The molecule has 0 aliphatic rings. The fraction of sp³-hybridized carbons (Fsp3) is 0.312. The summed E-state index contributed by atoms with van der Waals surface area (Å²) in [7, 11) is 0. The van der Waals surface area contributed by atoms with Gasteiger partial charge in [0.05, 0.1) is 10.9 Å². The second-order valence-electron chi connectivity index (χ2n) is 5.04. The van der Waals surface area contributed by atoms with Crippen molar-refractivity contribution in [2.75, 3.05) is 0 Å². The summed E-state index contributed by atoms with van der Waals surface area (Å²) in [5.74, 6) is 0.554. The van der Waals surface area contributed by atoms with Crippen LogP contribution in [0.1, 0.15) is 41.5 Å². The topological polar surface area (TPSA) is 29.1 Å². The Morgan fingerprint density at radius 1 is 1.16 bits per heavy atom. The largest absolute Gasteiger partial charge is 0.345 e. The SMILES string of the molecule is CC(C)C[C@H](NC(=O)c1cccs1)c1ccccc1. The van der Waals surface area contributed by atoms with Crippen LogP contribution in [0.2, 0.25) is 0 Å². The van der Waals surface area contributed by atoms with Crippen molar-refractivity contribution in [3.05, 3.63) is 58.3 Å². The summed E-state index contributed by atoms with van der Waals surface area (Å²) in [6.07, 6.45) is 0.946. The van der Waals surface area contributed by atoms with Crippen LogP contribution in [0.25, 0.3) is 0 Å². The van der Waals surface area contributed by atoms with Crippen molar-refractivity contribution >= 4 is 17.2 Å². The fourth-order valence-corrected chi connectivity index (χ4v) is 2.70. The molecule has 1 aromatic heterocycles. The third-order valence-corrected chi connectivity index (χ3v) is 3.83. The van der Waals surface area contributed by atoms with Crippen molar-refractivity contribution in [3.8, 4) is 0 Å². The average molecular weight is 273 g/mol. The van der Waals surface area contributed by atoms with E-state index in [1.165, 1.54) is 16.9 Å². The third kappa shape index (κ3) is 3.93. The Morgan fingerprint density at radius 3 is 2.47 bits per heavy atom. The molecule has 0 unspecified atom stereocenters. The molecule has 0 fully saturated rings. The minimum atomic E-state index is 0.0181. The molecule has 0 radical (unpaired) electrons. The maximum atomic E-state index is 12.2. The maximum absolute atomic E-state index is 12.2. The van der Waals surface area contributed by atoms with Crippen molar-refractivity contribution in [1.82, 2.24) is 5.32 Å². The van der Waals surface area contributed by atoms with Crippen molar-refractivity contribution in [2.45, 2.75) is 26.3 Å². The summed E-state index contributed by atoms with van der Waals surface area (Å²) in [5, 5.41) is 5.06. The lowest BCUT2D eigenvalue weighted by molar-refractivity contribution is 0.0936. The van der Waals surface area contributed by atoms with Crippen LogP contribution in [0.3, 0.4) is 0 Å². The highest BCUT2D eigenvalue weighted by atomic mass is 32.1. The zero-order chi connectivity index (χ0) is 13.7. The van der Waals surface area contributed by atoms with Crippen LogP contribution in [0.15, 0.2) is 47.8 Å². The van der Waals surface area contributed by atoms with Gasteiger partial charge in [0.2, 0.25) is 0 Å². The van der Waals surface area contributed by atoms with Gasteiger partial charge in [0, 0.05) is 0 Å². The molecule has 2 rings (SSSR count). The van der Waals surface area contributed by atoms with Gasteiger partial charge < -0.3 is 5.32 Å². The highest BCUT2D eigenvalue weighted by molar-refractivity contribution is 7.12. The van der Waals surface area contributed by atoms with Crippen molar-refractivity contribution in [3.63, 3.8) is 0 Å². The number of hydrogen-bond acceptors (Lipinski definition) is 2. The normalized spacial score (nSPS) is 12.4. The van der Waals surface area contributed by atoms with Crippen molar-refractivity contribution in [2.24, 2.45) is 5.92 Å². The molecular formula is C16H19NOS. The van der Waals surface area contributed by atoms with Crippen LogP contribution >= 0.6 is 11.3 Å². The summed E-state index contributed by atoms with van der Waals surface area (Å²) in [6.45, 7) is 4.35. The molecule has 19 heavy (non-hydrogen) atoms. The van der Waals surface area contributed by atoms with E-state index in [4.69, 9.17) is 0 Å². The van der Waals surface area contributed by atoms with E-state index in [9.17, 15) is 4.79 Å². The molecule has 1 N–H and O–H groups in total. The zero-order valence-electron chi connectivity index (χ0n) is 11.3. The van der Waals surface area contributed by atoms with Crippen molar-refractivity contribution in [1.29, 1.82) is 0 Å². The summed E-state index contributed by atoms with van der Waals surface area (Å²) >= 11 is 1.48. The molecule has 1 atom stereocenters. The number of amides is 1. The van der Waals surface area contributed by atoms with Crippen LogP contribution in [0.4, 0.5) is 0 Å². The van der Waals surface area contributed by atoms with Gasteiger partial charge in [0.1, 0.15) is 0 Å². The minimum Gasteiger partial charge on any atom is -0.345 e. The lowest BCUT2D eigenvalue weighted by Gasteiger charge is -2.20. The van der Waals surface area contributed by atoms with E-state index in [0.717, 1.165) is 11.3 Å². The Labute approximate surface area is 118 Å². The fourth-order valence-electron chi connectivity index (χ4n) is 2.07. The van der Waals surface area contributed by atoms with Crippen LogP contribution in [0.5, 0.6) is 0 Å². The molecule has 0 spiro atoms. The lowest BCUT2D eigenvalue weighted by Crippen LogP contribution is -2.28. The monoisotopic (exact) mass is 273 g/mol. The van der Waals surface area contributed by atoms with Gasteiger partial charge >= 0.3 is 0 Å². The van der Waals surface area contributed by atoms with Gasteiger partial charge in [-0.2, -0.15) is 0 Å². The van der Waals surface area contributed by atoms with E-state index in [-0.39, 0.29) is 11.9 Å². The van der Waals surface area contributed by atoms with Gasteiger partial charge in [0.25, 0.3) is 5.91 Å². The molecule has 1 amide bonds. The number of benzene rings is 1. The number of hydrogen-bond donors (Lipinski definition) is 1. The van der Waals surface area contributed by atoms with E-state index < -0.39 is 0 Å². The molecule has 0 aliphatic carbocycles. The molecule has 3 heteroatoms.